The van der Waals surface area contributed by atoms with E-state index in [0.29, 0.717) is 5.56 Å². The molecule has 0 fully saturated rings. The fourth-order valence-corrected chi connectivity index (χ4v) is 4.95. The third kappa shape index (κ3) is 2.68. The van der Waals surface area contributed by atoms with Gasteiger partial charge in [-0.1, -0.05) is 48.5 Å². The van der Waals surface area contributed by atoms with Crippen LogP contribution in [0.25, 0.3) is 60.6 Å². The van der Waals surface area contributed by atoms with E-state index in [1.807, 2.05) is 36.4 Å². The molecule has 3 heterocycles. The van der Waals surface area contributed by atoms with Gasteiger partial charge in [-0.3, -0.25) is 4.98 Å². The molecule has 0 bridgehead atoms. The highest BCUT2D eigenvalue weighted by atomic mass is 16.3. The van der Waals surface area contributed by atoms with Crippen molar-refractivity contribution in [1.29, 1.82) is 5.26 Å². The molecule has 0 N–H and O–H groups in total. The van der Waals surface area contributed by atoms with Gasteiger partial charge in [-0.15, -0.1) is 0 Å². The maximum Gasteiger partial charge on any atom is 0.137 e. The Kier molecular flexibility index (Phi) is 3.88. The average Bonchev–Trinajstić information content (AvgIpc) is 3.42. The number of benzene rings is 4. The van der Waals surface area contributed by atoms with E-state index < -0.39 is 0 Å². The lowest BCUT2D eigenvalue weighted by atomic mass is 10.1. The Morgan fingerprint density at radius 2 is 1.50 bits per heavy atom. The summed E-state index contributed by atoms with van der Waals surface area (Å²) in [5.74, 6) is 0. The van der Waals surface area contributed by atoms with Gasteiger partial charge in [0.05, 0.1) is 16.6 Å². The van der Waals surface area contributed by atoms with Crippen LogP contribution in [0.15, 0.2) is 108 Å². The van der Waals surface area contributed by atoms with Crippen LogP contribution in [0.5, 0.6) is 0 Å². The van der Waals surface area contributed by atoms with Crippen LogP contribution in [0.3, 0.4) is 0 Å². The number of rotatable bonds is 2. The molecule has 0 atom stereocenters. The van der Waals surface area contributed by atoms with Gasteiger partial charge in [0.25, 0.3) is 0 Å². The first-order valence-electron chi connectivity index (χ1n) is 11.1. The number of hydrogen-bond acceptors (Lipinski definition) is 3. The smallest absolute Gasteiger partial charge is 0.137 e. The Hall–Kier alpha value is -4.88. The van der Waals surface area contributed by atoms with Gasteiger partial charge in [0, 0.05) is 51.3 Å². The SMILES string of the molecule is N#Cc1cncc(-c2cccc(-n3c4ccccc4c4cc5c(cc43)oc3ccccc35)c2)c1. The number of hydrogen-bond donors (Lipinski definition) is 0. The van der Waals surface area contributed by atoms with Crippen LogP contribution in [-0.4, -0.2) is 9.55 Å². The van der Waals surface area contributed by atoms with E-state index >= 15 is 0 Å². The van der Waals surface area contributed by atoms with Crippen molar-refractivity contribution < 1.29 is 4.42 Å². The highest BCUT2D eigenvalue weighted by Crippen LogP contribution is 2.38. The Morgan fingerprint density at radius 1 is 0.647 bits per heavy atom. The van der Waals surface area contributed by atoms with Gasteiger partial charge in [-0.25, -0.2) is 0 Å². The predicted molar refractivity (Wildman–Crippen MR) is 136 cm³/mol. The lowest BCUT2D eigenvalue weighted by Gasteiger charge is -2.10. The first-order valence-corrected chi connectivity index (χ1v) is 11.1. The van der Waals surface area contributed by atoms with Gasteiger partial charge in [0.1, 0.15) is 17.2 Å². The summed E-state index contributed by atoms with van der Waals surface area (Å²) in [5.41, 5.74) is 7.52. The minimum atomic E-state index is 0.548. The van der Waals surface area contributed by atoms with Crippen molar-refractivity contribution in [3.05, 3.63) is 109 Å². The third-order valence-electron chi connectivity index (χ3n) is 6.48. The number of furan rings is 1. The fourth-order valence-electron chi connectivity index (χ4n) is 4.95. The van der Waals surface area contributed by atoms with E-state index in [1.165, 1.54) is 10.8 Å². The van der Waals surface area contributed by atoms with Crippen molar-refractivity contribution in [2.24, 2.45) is 0 Å². The maximum atomic E-state index is 9.29. The van der Waals surface area contributed by atoms with E-state index in [9.17, 15) is 5.26 Å². The molecule has 0 unspecified atom stereocenters. The zero-order valence-corrected chi connectivity index (χ0v) is 18.1. The normalized spacial score (nSPS) is 11.5. The summed E-state index contributed by atoms with van der Waals surface area (Å²) in [6.45, 7) is 0. The molecule has 0 spiro atoms. The van der Waals surface area contributed by atoms with E-state index in [1.54, 1.807) is 12.4 Å². The topological polar surface area (TPSA) is 54.8 Å². The largest absolute Gasteiger partial charge is 0.456 e. The molecule has 34 heavy (non-hydrogen) atoms. The molecule has 0 saturated carbocycles. The molecule has 158 valence electrons. The van der Waals surface area contributed by atoms with Crippen LogP contribution in [0.2, 0.25) is 0 Å². The van der Waals surface area contributed by atoms with Gasteiger partial charge < -0.3 is 8.98 Å². The van der Waals surface area contributed by atoms with E-state index in [4.69, 9.17) is 4.42 Å². The Labute approximate surface area is 194 Å². The summed E-state index contributed by atoms with van der Waals surface area (Å²) in [4.78, 5) is 4.24. The summed E-state index contributed by atoms with van der Waals surface area (Å²) in [5, 5.41) is 13.9. The summed E-state index contributed by atoms with van der Waals surface area (Å²) in [6.07, 6.45) is 3.38. The summed E-state index contributed by atoms with van der Waals surface area (Å²) in [6, 6.07) is 33.4. The molecule has 0 saturated heterocycles. The number of nitrogens with zero attached hydrogens (tertiary/aromatic N) is 3. The molecule has 4 aromatic carbocycles. The Balaban J connectivity index is 1.54. The van der Waals surface area contributed by atoms with Crippen LogP contribution in [0, 0.1) is 11.3 Å². The molecule has 7 rings (SSSR count). The minimum Gasteiger partial charge on any atom is -0.456 e. The molecule has 0 radical (unpaired) electrons. The van der Waals surface area contributed by atoms with Crippen LogP contribution >= 0.6 is 0 Å². The second kappa shape index (κ2) is 7.06. The molecule has 3 aromatic heterocycles. The van der Waals surface area contributed by atoms with E-state index in [-0.39, 0.29) is 0 Å². The zero-order valence-electron chi connectivity index (χ0n) is 18.1. The third-order valence-corrected chi connectivity index (χ3v) is 6.48. The second-order valence-electron chi connectivity index (χ2n) is 8.44. The minimum absolute atomic E-state index is 0.548. The molecule has 7 aromatic rings. The van der Waals surface area contributed by atoms with E-state index in [0.717, 1.165) is 49.8 Å². The Morgan fingerprint density at radius 3 is 2.41 bits per heavy atom. The van der Waals surface area contributed by atoms with Gasteiger partial charge in [-0.2, -0.15) is 5.26 Å². The van der Waals surface area contributed by atoms with Crippen molar-refractivity contribution in [3.63, 3.8) is 0 Å². The first kappa shape index (κ1) is 18.7. The monoisotopic (exact) mass is 435 g/mol. The number of fused-ring (bicyclic) bond motifs is 6. The number of pyridine rings is 1. The van der Waals surface area contributed by atoms with Crippen LogP contribution in [0.1, 0.15) is 5.56 Å². The predicted octanol–water partition coefficient (Wildman–Crippen LogP) is 7.62. The van der Waals surface area contributed by atoms with Gasteiger partial charge in [0.15, 0.2) is 0 Å². The van der Waals surface area contributed by atoms with Gasteiger partial charge in [-0.05, 0) is 42.0 Å². The van der Waals surface area contributed by atoms with Crippen molar-refractivity contribution in [1.82, 2.24) is 9.55 Å². The van der Waals surface area contributed by atoms with Crippen LogP contribution < -0.4 is 0 Å². The highest BCUT2D eigenvalue weighted by molar-refractivity contribution is 6.17. The zero-order chi connectivity index (χ0) is 22.6. The molecule has 0 aliphatic rings. The summed E-state index contributed by atoms with van der Waals surface area (Å²) < 4.78 is 8.49. The molecule has 0 aliphatic heterocycles. The number of para-hydroxylation sites is 2. The molecule has 0 aliphatic carbocycles. The molecule has 0 amide bonds. The van der Waals surface area contributed by atoms with Gasteiger partial charge >= 0.3 is 0 Å². The van der Waals surface area contributed by atoms with Crippen molar-refractivity contribution >= 4 is 43.7 Å². The van der Waals surface area contributed by atoms with Crippen molar-refractivity contribution in [3.8, 4) is 22.9 Å². The fraction of sp³-hybridized carbons (Fsp3) is 0. The summed E-state index contributed by atoms with van der Waals surface area (Å²) in [7, 11) is 0. The average molecular weight is 435 g/mol. The van der Waals surface area contributed by atoms with Crippen molar-refractivity contribution in [2.45, 2.75) is 0 Å². The van der Waals surface area contributed by atoms with Gasteiger partial charge in [0.2, 0.25) is 0 Å². The van der Waals surface area contributed by atoms with E-state index in [2.05, 4.69) is 70.2 Å². The van der Waals surface area contributed by atoms with Crippen LogP contribution in [-0.2, 0) is 0 Å². The lowest BCUT2D eigenvalue weighted by Crippen LogP contribution is -1.94. The highest BCUT2D eigenvalue weighted by Gasteiger charge is 2.16. The van der Waals surface area contributed by atoms with Crippen molar-refractivity contribution in [2.75, 3.05) is 0 Å². The summed E-state index contributed by atoms with van der Waals surface area (Å²) >= 11 is 0. The standard InChI is InChI=1S/C30H17N3O/c31-16-19-12-21(18-32-17-19)20-6-5-7-22(13-20)33-27-10-3-1-8-23(27)25-14-26-24-9-2-4-11-29(24)34-30(26)15-28(25)33/h1-15,17-18H. The van der Waals surface area contributed by atoms with Crippen LogP contribution in [0.4, 0.5) is 0 Å². The first-order chi connectivity index (χ1) is 16.8. The Bertz CT molecular complexity index is 1930. The number of nitriles is 1. The molecule has 4 heteroatoms. The molecular weight excluding hydrogens is 418 g/mol. The maximum absolute atomic E-state index is 9.29. The quantitative estimate of drug-likeness (QED) is 0.281. The molecular formula is C30H17N3O. The lowest BCUT2D eigenvalue weighted by molar-refractivity contribution is 0.669. The second-order valence-corrected chi connectivity index (χ2v) is 8.44. The number of aromatic nitrogens is 2. The molecule has 4 nitrogen and oxygen atoms in total.